The standard InChI is InChI=1S/C10H16O3/c1-3-5-8(9-6-7-13-9)10(11)12-4-2/h5,9H,3-4,6-7H2,1-2H3. The van der Waals surface area contributed by atoms with Crippen molar-refractivity contribution in [2.45, 2.75) is 32.8 Å². The highest BCUT2D eigenvalue weighted by Gasteiger charge is 2.27. The molecule has 0 spiro atoms. The van der Waals surface area contributed by atoms with Crippen LogP contribution < -0.4 is 0 Å². The summed E-state index contributed by atoms with van der Waals surface area (Å²) in [6, 6.07) is 0. The van der Waals surface area contributed by atoms with Crippen LogP contribution in [0.3, 0.4) is 0 Å². The fourth-order valence-corrected chi connectivity index (χ4v) is 1.26. The van der Waals surface area contributed by atoms with Crippen molar-refractivity contribution in [3.8, 4) is 0 Å². The molecular weight excluding hydrogens is 168 g/mol. The number of allylic oxidation sites excluding steroid dienone is 1. The zero-order chi connectivity index (χ0) is 9.68. The van der Waals surface area contributed by atoms with Crippen LogP contribution in [0.25, 0.3) is 0 Å². The average Bonchev–Trinajstić information content (AvgIpc) is 2.01. The maximum Gasteiger partial charge on any atom is 0.336 e. The van der Waals surface area contributed by atoms with Crippen LogP contribution in [0.5, 0.6) is 0 Å². The summed E-state index contributed by atoms with van der Waals surface area (Å²) in [6.07, 6.45) is 3.65. The Morgan fingerprint density at radius 2 is 2.31 bits per heavy atom. The van der Waals surface area contributed by atoms with Crippen molar-refractivity contribution in [2.24, 2.45) is 0 Å². The predicted octanol–water partition coefficient (Wildman–Crippen LogP) is 1.67. The molecule has 1 heterocycles. The van der Waals surface area contributed by atoms with Crippen LogP contribution in [-0.2, 0) is 14.3 Å². The lowest BCUT2D eigenvalue weighted by Crippen LogP contribution is -2.32. The minimum absolute atomic E-state index is 0.0148. The lowest BCUT2D eigenvalue weighted by atomic mass is 10.0. The fourth-order valence-electron chi connectivity index (χ4n) is 1.26. The van der Waals surface area contributed by atoms with Gasteiger partial charge < -0.3 is 9.47 Å². The SMILES string of the molecule is CCC=C(C(=O)OCC)C1CCO1. The Morgan fingerprint density at radius 3 is 2.69 bits per heavy atom. The summed E-state index contributed by atoms with van der Waals surface area (Å²) in [7, 11) is 0. The molecule has 1 fully saturated rings. The Kier molecular flexibility index (Phi) is 3.96. The van der Waals surface area contributed by atoms with Gasteiger partial charge in [-0.15, -0.1) is 0 Å². The van der Waals surface area contributed by atoms with E-state index in [9.17, 15) is 4.79 Å². The molecule has 0 N–H and O–H groups in total. The van der Waals surface area contributed by atoms with Crippen LogP contribution in [0.4, 0.5) is 0 Å². The second-order valence-corrected chi connectivity index (χ2v) is 2.94. The van der Waals surface area contributed by atoms with Gasteiger partial charge >= 0.3 is 5.97 Å². The van der Waals surface area contributed by atoms with E-state index in [1.54, 1.807) is 0 Å². The molecule has 0 radical (unpaired) electrons. The van der Waals surface area contributed by atoms with Crippen LogP contribution in [0, 0.1) is 0 Å². The summed E-state index contributed by atoms with van der Waals surface area (Å²) in [5, 5.41) is 0. The van der Waals surface area contributed by atoms with Crippen LogP contribution in [0.1, 0.15) is 26.7 Å². The highest BCUT2D eigenvalue weighted by Crippen LogP contribution is 2.21. The molecule has 0 amide bonds. The zero-order valence-corrected chi connectivity index (χ0v) is 8.21. The summed E-state index contributed by atoms with van der Waals surface area (Å²) in [4.78, 5) is 11.4. The first-order valence-electron chi connectivity index (χ1n) is 4.78. The van der Waals surface area contributed by atoms with Crippen molar-refractivity contribution in [1.29, 1.82) is 0 Å². The number of esters is 1. The third-order valence-corrected chi connectivity index (χ3v) is 1.98. The lowest BCUT2D eigenvalue weighted by Gasteiger charge is -2.27. The highest BCUT2D eigenvalue weighted by atomic mass is 16.5. The normalized spacial score (nSPS) is 22.3. The third kappa shape index (κ3) is 2.56. The Bertz CT molecular complexity index is 204. The van der Waals surface area contributed by atoms with E-state index in [2.05, 4.69) is 0 Å². The highest BCUT2D eigenvalue weighted by molar-refractivity contribution is 5.89. The van der Waals surface area contributed by atoms with Gasteiger partial charge in [-0.25, -0.2) is 4.79 Å². The molecule has 1 unspecified atom stereocenters. The molecule has 1 aliphatic rings. The zero-order valence-electron chi connectivity index (χ0n) is 8.21. The first-order valence-corrected chi connectivity index (χ1v) is 4.78. The van der Waals surface area contributed by atoms with Gasteiger partial charge in [0.15, 0.2) is 0 Å². The Balaban J connectivity index is 2.55. The minimum atomic E-state index is -0.228. The molecule has 0 aliphatic carbocycles. The van der Waals surface area contributed by atoms with E-state index in [4.69, 9.17) is 9.47 Å². The van der Waals surface area contributed by atoms with Crippen molar-refractivity contribution in [1.82, 2.24) is 0 Å². The van der Waals surface area contributed by atoms with Crippen molar-refractivity contribution in [2.75, 3.05) is 13.2 Å². The summed E-state index contributed by atoms with van der Waals surface area (Å²) < 4.78 is 10.2. The molecule has 0 saturated carbocycles. The monoisotopic (exact) mass is 184 g/mol. The van der Waals surface area contributed by atoms with Gasteiger partial charge in [-0.2, -0.15) is 0 Å². The number of carbonyl (C=O) groups excluding carboxylic acids is 1. The van der Waals surface area contributed by atoms with Crippen LogP contribution in [0.2, 0.25) is 0 Å². The summed E-state index contributed by atoms with van der Waals surface area (Å²) >= 11 is 0. The Labute approximate surface area is 78.7 Å². The van der Waals surface area contributed by atoms with Gasteiger partial charge in [0, 0.05) is 6.42 Å². The number of hydrogen-bond donors (Lipinski definition) is 0. The maximum absolute atomic E-state index is 11.4. The van der Waals surface area contributed by atoms with E-state index in [-0.39, 0.29) is 12.1 Å². The Hall–Kier alpha value is -0.830. The lowest BCUT2D eigenvalue weighted by molar-refractivity contribution is -0.142. The van der Waals surface area contributed by atoms with Crippen LogP contribution >= 0.6 is 0 Å². The second kappa shape index (κ2) is 5.02. The molecular formula is C10H16O3. The Morgan fingerprint density at radius 1 is 1.62 bits per heavy atom. The van der Waals surface area contributed by atoms with Gasteiger partial charge in [-0.1, -0.05) is 13.0 Å². The van der Waals surface area contributed by atoms with Gasteiger partial charge in [0.1, 0.15) is 0 Å². The number of hydrogen-bond acceptors (Lipinski definition) is 3. The van der Waals surface area contributed by atoms with E-state index in [1.165, 1.54) is 0 Å². The van der Waals surface area contributed by atoms with E-state index >= 15 is 0 Å². The van der Waals surface area contributed by atoms with E-state index in [1.807, 2.05) is 19.9 Å². The molecule has 0 aromatic heterocycles. The molecule has 0 aromatic rings. The molecule has 1 aliphatic heterocycles. The van der Waals surface area contributed by atoms with Crippen molar-refractivity contribution < 1.29 is 14.3 Å². The summed E-state index contributed by atoms with van der Waals surface area (Å²) in [5.41, 5.74) is 0.690. The predicted molar refractivity (Wildman–Crippen MR) is 49.4 cm³/mol. The molecule has 74 valence electrons. The van der Waals surface area contributed by atoms with Crippen LogP contribution in [0.15, 0.2) is 11.6 Å². The van der Waals surface area contributed by atoms with E-state index in [0.717, 1.165) is 19.4 Å². The third-order valence-electron chi connectivity index (χ3n) is 1.98. The second-order valence-electron chi connectivity index (χ2n) is 2.94. The molecule has 13 heavy (non-hydrogen) atoms. The van der Waals surface area contributed by atoms with Gasteiger partial charge in [0.05, 0.1) is 24.9 Å². The first-order chi connectivity index (χ1) is 6.29. The number of carbonyl (C=O) groups is 1. The fraction of sp³-hybridized carbons (Fsp3) is 0.700. The molecule has 0 aromatic carbocycles. The van der Waals surface area contributed by atoms with Gasteiger partial charge in [0.2, 0.25) is 0 Å². The van der Waals surface area contributed by atoms with Gasteiger partial charge in [0.25, 0.3) is 0 Å². The van der Waals surface area contributed by atoms with Gasteiger partial charge in [-0.3, -0.25) is 0 Å². The average molecular weight is 184 g/mol. The number of rotatable bonds is 4. The van der Waals surface area contributed by atoms with Crippen molar-refractivity contribution >= 4 is 5.97 Å². The largest absolute Gasteiger partial charge is 0.463 e. The molecule has 1 rings (SSSR count). The molecule has 3 nitrogen and oxygen atoms in total. The molecule has 1 saturated heterocycles. The summed E-state index contributed by atoms with van der Waals surface area (Å²) in [6.45, 7) is 4.98. The quantitative estimate of drug-likeness (QED) is 0.492. The summed E-state index contributed by atoms with van der Waals surface area (Å²) in [5.74, 6) is -0.228. The molecule has 0 bridgehead atoms. The topological polar surface area (TPSA) is 35.5 Å². The smallest absolute Gasteiger partial charge is 0.336 e. The van der Waals surface area contributed by atoms with E-state index in [0.29, 0.717) is 12.2 Å². The molecule has 3 heteroatoms. The number of ether oxygens (including phenoxy) is 2. The molecule has 1 atom stereocenters. The van der Waals surface area contributed by atoms with Crippen LogP contribution in [-0.4, -0.2) is 25.3 Å². The first kappa shape index (κ1) is 10.3. The van der Waals surface area contributed by atoms with Gasteiger partial charge in [-0.05, 0) is 13.3 Å². The maximum atomic E-state index is 11.4. The van der Waals surface area contributed by atoms with E-state index < -0.39 is 0 Å². The van der Waals surface area contributed by atoms with Crippen molar-refractivity contribution in [3.05, 3.63) is 11.6 Å². The minimum Gasteiger partial charge on any atom is -0.463 e. The van der Waals surface area contributed by atoms with Crippen molar-refractivity contribution in [3.63, 3.8) is 0 Å².